The number of carbonyl (C=O) groups excluding carboxylic acids is 1. The van der Waals surface area contributed by atoms with Crippen LogP contribution in [0.3, 0.4) is 0 Å². The maximum absolute atomic E-state index is 12.2. The second-order valence-electron chi connectivity index (χ2n) is 6.50. The van der Waals surface area contributed by atoms with Crippen LogP contribution in [0.25, 0.3) is 0 Å². The van der Waals surface area contributed by atoms with Crippen LogP contribution in [0.1, 0.15) is 32.3 Å². The summed E-state index contributed by atoms with van der Waals surface area (Å²) in [7, 11) is 0. The third-order valence-corrected chi connectivity index (χ3v) is 4.86. The van der Waals surface area contributed by atoms with E-state index in [1.165, 1.54) is 0 Å². The van der Waals surface area contributed by atoms with Crippen molar-refractivity contribution < 1.29 is 9.53 Å². The van der Waals surface area contributed by atoms with Crippen molar-refractivity contribution >= 4 is 11.7 Å². The molecule has 5 nitrogen and oxygen atoms in total. The summed E-state index contributed by atoms with van der Waals surface area (Å²) in [5.41, 5.74) is 1.97. The molecule has 2 rings (SSSR count). The van der Waals surface area contributed by atoms with Crippen LogP contribution in [0.4, 0.5) is 10.5 Å². The van der Waals surface area contributed by atoms with Gasteiger partial charge in [0.2, 0.25) is 0 Å². The van der Waals surface area contributed by atoms with E-state index in [-0.39, 0.29) is 6.03 Å². The van der Waals surface area contributed by atoms with E-state index < -0.39 is 0 Å². The monoisotopic (exact) mass is 333 g/mol. The summed E-state index contributed by atoms with van der Waals surface area (Å²) in [5.74, 6) is 0.586. The van der Waals surface area contributed by atoms with E-state index in [1.807, 2.05) is 31.2 Å². The molecule has 24 heavy (non-hydrogen) atoms. The van der Waals surface area contributed by atoms with Crippen molar-refractivity contribution in [3.63, 3.8) is 0 Å². The van der Waals surface area contributed by atoms with E-state index >= 15 is 0 Å². The fourth-order valence-electron chi connectivity index (χ4n) is 3.43. The standard InChI is InChI=1S/C19H31N3O2/c1-4-16(5-2)18(22-9-11-24-12-10-22)14-20-19(23)21-17-8-6-7-15(3)13-17/h6-8,13,16,18H,4-5,9-12,14H2,1-3H3,(H2,20,21,23)/t18-/m1/s1. The van der Waals surface area contributed by atoms with Crippen LogP contribution >= 0.6 is 0 Å². The van der Waals surface area contributed by atoms with Gasteiger partial charge in [-0.2, -0.15) is 0 Å². The smallest absolute Gasteiger partial charge is 0.319 e. The average Bonchev–Trinajstić information content (AvgIpc) is 2.59. The molecule has 1 atom stereocenters. The van der Waals surface area contributed by atoms with Crippen LogP contribution in [0.5, 0.6) is 0 Å². The average molecular weight is 333 g/mol. The summed E-state index contributed by atoms with van der Waals surface area (Å²) in [5, 5.41) is 5.99. The second kappa shape index (κ2) is 9.64. The van der Waals surface area contributed by atoms with Gasteiger partial charge in [0.25, 0.3) is 0 Å². The Balaban J connectivity index is 1.92. The van der Waals surface area contributed by atoms with Gasteiger partial charge >= 0.3 is 6.03 Å². The molecular weight excluding hydrogens is 302 g/mol. The molecule has 0 spiro atoms. The number of benzene rings is 1. The molecule has 0 unspecified atom stereocenters. The third kappa shape index (κ3) is 5.49. The molecule has 1 aromatic rings. The number of morpholine rings is 1. The third-order valence-electron chi connectivity index (χ3n) is 4.86. The molecule has 2 N–H and O–H groups in total. The van der Waals surface area contributed by atoms with Gasteiger partial charge in [0.05, 0.1) is 13.2 Å². The molecular formula is C19H31N3O2. The van der Waals surface area contributed by atoms with Crippen LogP contribution in [-0.4, -0.2) is 49.8 Å². The molecule has 0 aromatic heterocycles. The summed E-state index contributed by atoms with van der Waals surface area (Å²) < 4.78 is 5.47. The molecule has 1 fully saturated rings. The number of ether oxygens (including phenoxy) is 1. The molecule has 0 radical (unpaired) electrons. The number of amides is 2. The van der Waals surface area contributed by atoms with Gasteiger partial charge in [-0.1, -0.05) is 38.8 Å². The van der Waals surface area contributed by atoms with Crippen molar-refractivity contribution in [1.29, 1.82) is 0 Å². The first-order valence-corrected chi connectivity index (χ1v) is 9.07. The highest BCUT2D eigenvalue weighted by atomic mass is 16.5. The normalized spacial score (nSPS) is 16.8. The van der Waals surface area contributed by atoms with Crippen molar-refractivity contribution in [1.82, 2.24) is 10.2 Å². The van der Waals surface area contributed by atoms with Crippen molar-refractivity contribution in [2.24, 2.45) is 5.92 Å². The molecule has 1 aromatic carbocycles. The Morgan fingerprint density at radius 2 is 1.96 bits per heavy atom. The Kier molecular flexibility index (Phi) is 7.53. The Hall–Kier alpha value is -1.59. The predicted molar refractivity (Wildman–Crippen MR) is 98.5 cm³/mol. The SMILES string of the molecule is CCC(CC)[C@@H](CNC(=O)Nc1cccc(C)c1)N1CCOCC1. The van der Waals surface area contributed by atoms with Crippen molar-refractivity contribution in [2.75, 3.05) is 38.2 Å². The number of aryl methyl sites for hydroxylation is 1. The lowest BCUT2D eigenvalue weighted by Crippen LogP contribution is -2.52. The first-order chi connectivity index (χ1) is 11.6. The fourth-order valence-corrected chi connectivity index (χ4v) is 3.43. The van der Waals surface area contributed by atoms with E-state index in [1.54, 1.807) is 0 Å². The van der Waals surface area contributed by atoms with Gasteiger partial charge in [0.15, 0.2) is 0 Å². The summed E-state index contributed by atoms with van der Waals surface area (Å²) >= 11 is 0. The number of urea groups is 1. The maximum Gasteiger partial charge on any atom is 0.319 e. The Morgan fingerprint density at radius 3 is 2.58 bits per heavy atom. The largest absolute Gasteiger partial charge is 0.379 e. The highest BCUT2D eigenvalue weighted by molar-refractivity contribution is 5.89. The number of nitrogens with zero attached hydrogens (tertiary/aromatic N) is 1. The minimum absolute atomic E-state index is 0.134. The summed E-state index contributed by atoms with van der Waals surface area (Å²) in [6.45, 7) is 10.6. The van der Waals surface area contributed by atoms with Gasteiger partial charge in [-0.05, 0) is 30.5 Å². The number of hydrogen-bond acceptors (Lipinski definition) is 3. The molecule has 1 aliphatic heterocycles. The van der Waals surface area contributed by atoms with E-state index in [2.05, 4.69) is 29.4 Å². The molecule has 2 amide bonds. The Bertz CT molecular complexity index is 511. The van der Waals surface area contributed by atoms with Gasteiger partial charge in [0.1, 0.15) is 0 Å². The van der Waals surface area contributed by atoms with Gasteiger partial charge in [-0.25, -0.2) is 4.79 Å². The zero-order chi connectivity index (χ0) is 17.4. The topological polar surface area (TPSA) is 53.6 Å². The van der Waals surface area contributed by atoms with Crippen LogP contribution in [0.2, 0.25) is 0 Å². The highest BCUT2D eigenvalue weighted by Crippen LogP contribution is 2.19. The molecule has 5 heteroatoms. The Labute approximate surface area is 145 Å². The van der Waals surface area contributed by atoms with Gasteiger partial charge in [0, 0.05) is 31.4 Å². The minimum atomic E-state index is -0.134. The van der Waals surface area contributed by atoms with Crippen LogP contribution < -0.4 is 10.6 Å². The van der Waals surface area contributed by atoms with Gasteiger partial charge in [-0.3, -0.25) is 4.90 Å². The number of anilines is 1. The lowest BCUT2D eigenvalue weighted by atomic mass is 9.92. The summed E-state index contributed by atoms with van der Waals surface area (Å²) in [6.07, 6.45) is 2.25. The number of rotatable bonds is 7. The van der Waals surface area contributed by atoms with Crippen LogP contribution in [0.15, 0.2) is 24.3 Å². The Morgan fingerprint density at radius 1 is 1.25 bits per heavy atom. The van der Waals surface area contributed by atoms with E-state index in [0.717, 1.165) is 50.4 Å². The fraction of sp³-hybridized carbons (Fsp3) is 0.632. The van der Waals surface area contributed by atoms with E-state index in [0.29, 0.717) is 18.5 Å². The van der Waals surface area contributed by atoms with Crippen LogP contribution in [-0.2, 0) is 4.74 Å². The minimum Gasteiger partial charge on any atom is -0.379 e. The summed E-state index contributed by atoms with van der Waals surface area (Å²) in [6, 6.07) is 8.08. The second-order valence-corrected chi connectivity index (χ2v) is 6.50. The molecule has 1 saturated heterocycles. The first-order valence-electron chi connectivity index (χ1n) is 9.07. The quantitative estimate of drug-likeness (QED) is 0.805. The summed E-state index contributed by atoms with van der Waals surface area (Å²) in [4.78, 5) is 14.7. The lowest BCUT2D eigenvalue weighted by Gasteiger charge is -2.38. The first kappa shape index (κ1) is 18.7. The zero-order valence-corrected chi connectivity index (χ0v) is 15.2. The van der Waals surface area contributed by atoms with Gasteiger partial charge < -0.3 is 15.4 Å². The van der Waals surface area contributed by atoms with Crippen LogP contribution in [0, 0.1) is 12.8 Å². The van der Waals surface area contributed by atoms with Gasteiger partial charge in [-0.15, -0.1) is 0 Å². The molecule has 1 heterocycles. The predicted octanol–water partition coefficient (Wildman–Crippen LogP) is 3.25. The lowest BCUT2D eigenvalue weighted by molar-refractivity contribution is 0.00247. The van der Waals surface area contributed by atoms with E-state index in [9.17, 15) is 4.79 Å². The molecule has 1 aliphatic rings. The number of nitrogens with one attached hydrogen (secondary N) is 2. The van der Waals surface area contributed by atoms with Crippen molar-refractivity contribution in [3.05, 3.63) is 29.8 Å². The molecule has 134 valence electrons. The highest BCUT2D eigenvalue weighted by Gasteiger charge is 2.27. The molecule has 0 bridgehead atoms. The maximum atomic E-state index is 12.2. The number of hydrogen-bond donors (Lipinski definition) is 2. The number of carbonyl (C=O) groups is 1. The van der Waals surface area contributed by atoms with Crippen molar-refractivity contribution in [2.45, 2.75) is 39.7 Å². The zero-order valence-electron chi connectivity index (χ0n) is 15.2. The van der Waals surface area contributed by atoms with Crippen molar-refractivity contribution in [3.8, 4) is 0 Å². The van der Waals surface area contributed by atoms with E-state index in [4.69, 9.17) is 4.74 Å². The molecule has 0 aliphatic carbocycles. The molecule has 0 saturated carbocycles.